The maximum Gasteiger partial charge on any atom is 0.227 e. The number of rotatable bonds is 8. The quantitative estimate of drug-likeness (QED) is 0.247. The first kappa shape index (κ1) is 22.5. The smallest absolute Gasteiger partial charge is 0.227 e. The number of anilines is 2. The third-order valence-corrected chi connectivity index (χ3v) is 6.13. The predicted octanol–water partition coefficient (Wildman–Crippen LogP) is 6.28. The SMILES string of the molecule is CCCCSc1nn(-c2ccccc2)c(C)c1-c1ccnc(Nc2ccc(C#N)c(F)c2)n1. The number of nitrogens with zero attached hydrogens (tertiary/aromatic N) is 5. The minimum absolute atomic E-state index is 0.00656. The molecule has 0 aliphatic rings. The highest BCUT2D eigenvalue weighted by Crippen LogP contribution is 2.35. The molecule has 0 saturated carbocycles. The molecule has 0 saturated heterocycles. The maximum absolute atomic E-state index is 14.0. The van der Waals surface area contributed by atoms with Crippen LogP contribution in [-0.4, -0.2) is 25.5 Å². The van der Waals surface area contributed by atoms with Crippen LogP contribution in [0.4, 0.5) is 16.0 Å². The molecule has 0 amide bonds. The van der Waals surface area contributed by atoms with Gasteiger partial charge in [-0.15, -0.1) is 11.8 Å². The second-order valence-corrected chi connectivity index (χ2v) is 8.50. The number of benzene rings is 2. The molecular formula is C25H23FN6S. The Balaban J connectivity index is 1.71. The van der Waals surface area contributed by atoms with Crippen molar-refractivity contribution in [1.82, 2.24) is 19.7 Å². The van der Waals surface area contributed by atoms with E-state index < -0.39 is 5.82 Å². The molecule has 0 radical (unpaired) electrons. The van der Waals surface area contributed by atoms with Crippen molar-refractivity contribution in [3.63, 3.8) is 0 Å². The number of hydrogen-bond acceptors (Lipinski definition) is 6. The first-order valence-electron chi connectivity index (χ1n) is 10.7. The minimum Gasteiger partial charge on any atom is -0.324 e. The summed E-state index contributed by atoms with van der Waals surface area (Å²) in [7, 11) is 0. The van der Waals surface area contributed by atoms with E-state index in [0.717, 1.165) is 46.3 Å². The van der Waals surface area contributed by atoms with Crippen LogP contribution in [0.1, 0.15) is 31.0 Å². The van der Waals surface area contributed by atoms with Gasteiger partial charge in [0.1, 0.15) is 16.9 Å². The Morgan fingerprint density at radius 2 is 1.97 bits per heavy atom. The standard InChI is InChI=1S/C25H23FN6S/c1-3-4-14-33-24-23(17(2)32(31-24)20-8-6-5-7-9-20)22-12-13-28-25(30-22)29-19-11-10-18(16-27)21(26)15-19/h5-13,15H,3-4,14H2,1-2H3,(H,28,29,30). The second-order valence-electron chi connectivity index (χ2n) is 7.41. The predicted molar refractivity (Wildman–Crippen MR) is 129 cm³/mol. The molecule has 0 bridgehead atoms. The van der Waals surface area contributed by atoms with Crippen LogP contribution in [0.25, 0.3) is 16.9 Å². The first-order valence-corrected chi connectivity index (χ1v) is 11.7. The van der Waals surface area contributed by atoms with Crippen molar-refractivity contribution in [2.75, 3.05) is 11.1 Å². The van der Waals surface area contributed by atoms with Gasteiger partial charge in [0.2, 0.25) is 5.95 Å². The minimum atomic E-state index is -0.590. The molecule has 1 N–H and O–H groups in total. The molecule has 2 aromatic heterocycles. The molecule has 0 aliphatic heterocycles. The van der Waals surface area contributed by atoms with Crippen molar-refractivity contribution < 1.29 is 4.39 Å². The average molecular weight is 459 g/mol. The summed E-state index contributed by atoms with van der Waals surface area (Å²) in [4.78, 5) is 8.98. The van der Waals surface area contributed by atoms with Gasteiger partial charge in [-0.3, -0.25) is 0 Å². The van der Waals surface area contributed by atoms with Gasteiger partial charge < -0.3 is 5.32 Å². The molecule has 0 spiro atoms. The normalized spacial score (nSPS) is 10.7. The van der Waals surface area contributed by atoms with Gasteiger partial charge >= 0.3 is 0 Å². The zero-order valence-corrected chi connectivity index (χ0v) is 19.2. The fourth-order valence-corrected chi connectivity index (χ4v) is 4.54. The molecule has 2 aromatic carbocycles. The molecule has 4 rings (SSSR count). The molecule has 8 heteroatoms. The monoisotopic (exact) mass is 458 g/mol. The molecule has 6 nitrogen and oxygen atoms in total. The van der Waals surface area contributed by atoms with E-state index in [-0.39, 0.29) is 5.56 Å². The molecule has 0 fully saturated rings. The van der Waals surface area contributed by atoms with E-state index in [2.05, 4.69) is 17.2 Å². The fraction of sp³-hybridized carbons (Fsp3) is 0.200. The molecule has 33 heavy (non-hydrogen) atoms. The van der Waals surface area contributed by atoms with Crippen molar-refractivity contribution in [2.45, 2.75) is 31.7 Å². The van der Waals surface area contributed by atoms with Crippen molar-refractivity contribution in [3.8, 4) is 23.0 Å². The van der Waals surface area contributed by atoms with Gasteiger partial charge in [-0.25, -0.2) is 19.0 Å². The summed E-state index contributed by atoms with van der Waals surface area (Å²) in [6.45, 7) is 4.20. The van der Waals surface area contributed by atoms with Crippen LogP contribution < -0.4 is 5.32 Å². The number of aromatic nitrogens is 4. The lowest BCUT2D eigenvalue weighted by molar-refractivity contribution is 0.624. The van der Waals surface area contributed by atoms with E-state index in [9.17, 15) is 4.39 Å². The Bertz CT molecular complexity index is 1300. The van der Waals surface area contributed by atoms with Crippen LogP contribution in [0.2, 0.25) is 0 Å². The summed E-state index contributed by atoms with van der Waals surface area (Å²) < 4.78 is 15.9. The van der Waals surface area contributed by atoms with Gasteiger partial charge in [-0.05, 0) is 55.5 Å². The Morgan fingerprint density at radius 1 is 1.15 bits per heavy atom. The molecule has 0 atom stereocenters. The van der Waals surface area contributed by atoms with Crippen LogP contribution in [-0.2, 0) is 0 Å². The highest BCUT2D eigenvalue weighted by Gasteiger charge is 2.19. The Morgan fingerprint density at radius 3 is 2.70 bits per heavy atom. The summed E-state index contributed by atoms with van der Waals surface area (Å²) in [6.07, 6.45) is 3.89. The van der Waals surface area contributed by atoms with E-state index in [1.165, 1.54) is 12.1 Å². The van der Waals surface area contributed by atoms with Gasteiger partial charge in [0, 0.05) is 11.9 Å². The molecule has 166 valence electrons. The van der Waals surface area contributed by atoms with Crippen LogP contribution in [0, 0.1) is 24.1 Å². The first-order chi connectivity index (χ1) is 16.1. The van der Waals surface area contributed by atoms with E-state index in [4.69, 9.17) is 15.3 Å². The lowest BCUT2D eigenvalue weighted by atomic mass is 10.2. The maximum atomic E-state index is 14.0. The second kappa shape index (κ2) is 10.3. The fourth-order valence-electron chi connectivity index (χ4n) is 3.38. The van der Waals surface area contributed by atoms with E-state index in [0.29, 0.717) is 11.6 Å². The highest BCUT2D eigenvalue weighted by molar-refractivity contribution is 7.99. The van der Waals surface area contributed by atoms with Gasteiger partial charge in [0.25, 0.3) is 0 Å². The molecule has 0 unspecified atom stereocenters. The van der Waals surface area contributed by atoms with Gasteiger partial charge in [-0.1, -0.05) is 31.5 Å². The number of nitrogens with one attached hydrogen (secondary N) is 1. The molecular weight excluding hydrogens is 435 g/mol. The lowest BCUT2D eigenvalue weighted by Gasteiger charge is -2.08. The zero-order chi connectivity index (χ0) is 23.2. The summed E-state index contributed by atoms with van der Waals surface area (Å²) >= 11 is 1.72. The van der Waals surface area contributed by atoms with Gasteiger partial charge in [0.05, 0.1) is 28.2 Å². The summed E-state index contributed by atoms with van der Waals surface area (Å²) in [6, 6.07) is 18.0. The van der Waals surface area contributed by atoms with E-state index in [1.54, 1.807) is 24.0 Å². The van der Waals surface area contributed by atoms with Crippen LogP contribution in [0.3, 0.4) is 0 Å². The van der Waals surface area contributed by atoms with Gasteiger partial charge in [-0.2, -0.15) is 10.4 Å². The molecule has 2 heterocycles. The number of unbranched alkanes of at least 4 members (excludes halogenated alkanes) is 1. The molecule has 0 aliphatic carbocycles. The third kappa shape index (κ3) is 5.04. The third-order valence-electron chi connectivity index (χ3n) is 5.08. The van der Waals surface area contributed by atoms with Crippen molar-refractivity contribution in [3.05, 3.63) is 77.9 Å². The summed E-state index contributed by atoms with van der Waals surface area (Å²) in [5.74, 6) is 0.719. The van der Waals surface area contributed by atoms with Crippen LogP contribution in [0.5, 0.6) is 0 Å². The topological polar surface area (TPSA) is 79.4 Å². The number of thioether (sulfide) groups is 1. The number of hydrogen-bond donors (Lipinski definition) is 1. The van der Waals surface area contributed by atoms with Crippen molar-refractivity contribution in [2.24, 2.45) is 0 Å². The van der Waals surface area contributed by atoms with Crippen molar-refractivity contribution >= 4 is 23.4 Å². The van der Waals surface area contributed by atoms with Crippen LogP contribution in [0.15, 0.2) is 65.8 Å². The summed E-state index contributed by atoms with van der Waals surface area (Å²) in [5.41, 5.74) is 4.12. The van der Waals surface area contributed by atoms with Crippen LogP contribution >= 0.6 is 11.8 Å². The number of para-hydroxylation sites is 1. The largest absolute Gasteiger partial charge is 0.324 e. The Kier molecular flexibility index (Phi) is 7.01. The lowest BCUT2D eigenvalue weighted by Crippen LogP contribution is -2.00. The van der Waals surface area contributed by atoms with E-state index in [1.807, 2.05) is 54.1 Å². The Labute approximate surface area is 196 Å². The highest BCUT2D eigenvalue weighted by atomic mass is 32.2. The van der Waals surface area contributed by atoms with Crippen molar-refractivity contribution in [1.29, 1.82) is 5.26 Å². The number of halogens is 1. The Hall–Kier alpha value is -3.70. The zero-order valence-electron chi connectivity index (χ0n) is 18.4. The number of nitriles is 1. The molecule has 4 aromatic rings. The van der Waals surface area contributed by atoms with E-state index >= 15 is 0 Å². The average Bonchev–Trinajstić information content (AvgIpc) is 3.16. The summed E-state index contributed by atoms with van der Waals surface area (Å²) in [5, 5.41) is 17.8. The van der Waals surface area contributed by atoms with Gasteiger partial charge in [0.15, 0.2) is 0 Å².